The molecular formula is C12H8ClIN2O. The summed E-state index contributed by atoms with van der Waals surface area (Å²) < 4.78 is 1.11. The maximum Gasteiger partial charge on any atom is 0.257 e. The van der Waals surface area contributed by atoms with Gasteiger partial charge < -0.3 is 5.32 Å². The summed E-state index contributed by atoms with van der Waals surface area (Å²) >= 11 is 8.09. The fourth-order valence-electron chi connectivity index (χ4n) is 1.29. The summed E-state index contributed by atoms with van der Waals surface area (Å²) in [5, 5.41) is 3.11. The molecule has 0 saturated carbocycles. The van der Waals surface area contributed by atoms with Crippen molar-refractivity contribution < 1.29 is 4.79 Å². The number of hydrogen-bond donors (Lipinski definition) is 1. The molecule has 3 nitrogen and oxygen atoms in total. The molecule has 1 aromatic heterocycles. The fourth-order valence-corrected chi connectivity index (χ4v) is 1.86. The van der Waals surface area contributed by atoms with Crippen molar-refractivity contribution in [1.29, 1.82) is 0 Å². The molecule has 0 saturated heterocycles. The fraction of sp³-hybridized carbons (Fsp3) is 0. The maximum atomic E-state index is 11.9. The van der Waals surface area contributed by atoms with Crippen molar-refractivity contribution in [3.05, 3.63) is 56.9 Å². The molecule has 1 N–H and O–H groups in total. The van der Waals surface area contributed by atoms with Gasteiger partial charge in [0.15, 0.2) is 0 Å². The number of benzene rings is 1. The summed E-state index contributed by atoms with van der Waals surface area (Å²) in [6.07, 6.45) is 2.99. The van der Waals surface area contributed by atoms with Crippen molar-refractivity contribution in [3.63, 3.8) is 0 Å². The van der Waals surface area contributed by atoms with Crippen molar-refractivity contribution in [2.45, 2.75) is 0 Å². The van der Waals surface area contributed by atoms with E-state index in [0.29, 0.717) is 10.6 Å². The van der Waals surface area contributed by atoms with Crippen LogP contribution in [0, 0.1) is 3.57 Å². The Hall–Kier alpha value is -1.14. The predicted octanol–water partition coefficient (Wildman–Crippen LogP) is 3.59. The molecule has 2 rings (SSSR count). The van der Waals surface area contributed by atoms with Gasteiger partial charge in [-0.3, -0.25) is 9.78 Å². The van der Waals surface area contributed by atoms with Crippen molar-refractivity contribution >= 4 is 45.8 Å². The zero-order valence-corrected chi connectivity index (χ0v) is 11.6. The van der Waals surface area contributed by atoms with E-state index >= 15 is 0 Å². The molecule has 17 heavy (non-hydrogen) atoms. The van der Waals surface area contributed by atoms with Gasteiger partial charge in [0.2, 0.25) is 0 Å². The zero-order chi connectivity index (χ0) is 12.3. The third-order valence-electron chi connectivity index (χ3n) is 2.12. The van der Waals surface area contributed by atoms with Gasteiger partial charge in [-0.2, -0.15) is 0 Å². The Balaban J connectivity index is 2.17. The molecule has 0 spiro atoms. The number of nitrogens with zero attached hydrogens (tertiary/aromatic N) is 1. The molecule has 0 aliphatic carbocycles. The topological polar surface area (TPSA) is 42.0 Å². The van der Waals surface area contributed by atoms with E-state index in [1.54, 1.807) is 6.07 Å². The van der Waals surface area contributed by atoms with E-state index in [0.717, 1.165) is 9.26 Å². The van der Waals surface area contributed by atoms with Gasteiger partial charge >= 0.3 is 0 Å². The molecule has 86 valence electrons. The van der Waals surface area contributed by atoms with E-state index in [1.807, 2.05) is 24.3 Å². The van der Waals surface area contributed by atoms with E-state index in [2.05, 4.69) is 32.9 Å². The minimum absolute atomic E-state index is 0.237. The number of amides is 1. The number of aromatic nitrogens is 1. The average molecular weight is 359 g/mol. The van der Waals surface area contributed by atoms with E-state index < -0.39 is 0 Å². The molecule has 0 aliphatic rings. The molecule has 5 heteroatoms. The first-order chi connectivity index (χ1) is 8.16. The summed E-state index contributed by atoms with van der Waals surface area (Å²) in [5.41, 5.74) is 1.16. The van der Waals surface area contributed by atoms with Crippen molar-refractivity contribution in [1.82, 2.24) is 4.98 Å². The second kappa shape index (κ2) is 5.46. The SMILES string of the molecule is O=C(Nc1ccc(I)cc1)c1ccncc1Cl. The summed E-state index contributed by atoms with van der Waals surface area (Å²) in [6.45, 7) is 0. The van der Waals surface area contributed by atoms with Crippen LogP contribution in [0.25, 0.3) is 0 Å². The number of halogens is 2. The Morgan fingerprint density at radius 1 is 1.24 bits per heavy atom. The van der Waals surface area contributed by atoms with Crippen molar-refractivity contribution in [2.75, 3.05) is 5.32 Å². The van der Waals surface area contributed by atoms with Crippen LogP contribution in [0.4, 0.5) is 5.69 Å². The van der Waals surface area contributed by atoms with Crippen LogP contribution < -0.4 is 5.32 Å². The van der Waals surface area contributed by atoms with Crippen LogP contribution >= 0.6 is 34.2 Å². The number of pyridine rings is 1. The molecule has 0 fully saturated rings. The monoisotopic (exact) mass is 358 g/mol. The number of hydrogen-bond acceptors (Lipinski definition) is 2. The molecule has 2 aromatic rings. The number of nitrogens with one attached hydrogen (secondary N) is 1. The molecule has 0 unspecified atom stereocenters. The number of rotatable bonds is 2. The average Bonchev–Trinajstić information content (AvgIpc) is 2.32. The summed E-state index contributed by atoms with van der Waals surface area (Å²) in [6, 6.07) is 9.11. The van der Waals surface area contributed by atoms with Gasteiger partial charge in [0.05, 0.1) is 10.6 Å². The summed E-state index contributed by atoms with van der Waals surface area (Å²) in [4.78, 5) is 15.7. The Kier molecular flexibility index (Phi) is 3.96. The molecule has 0 radical (unpaired) electrons. The Morgan fingerprint density at radius 3 is 2.59 bits per heavy atom. The lowest BCUT2D eigenvalue weighted by Crippen LogP contribution is -2.12. The maximum absolute atomic E-state index is 11.9. The van der Waals surface area contributed by atoms with Crippen LogP contribution in [0.3, 0.4) is 0 Å². The summed E-state index contributed by atoms with van der Waals surface area (Å²) in [5.74, 6) is -0.237. The Morgan fingerprint density at radius 2 is 1.94 bits per heavy atom. The highest BCUT2D eigenvalue weighted by Gasteiger charge is 2.09. The number of carbonyl (C=O) groups is 1. The van der Waals surface area contributed by atoms with Crippen LogP contribution in [0.2, 0.25) is 5.02 Å². The number of anilines is 1. The standard InChI is InChI=1S/C12H8ClIN2O/c13-11-7-15-6-5-10(11)12(17)16-9-3-1-8(14)2-4-9/h1-7H,(H,16,17). The van der Waals surface area contributed by atoms with Gasteiger partial charge in [0, 0.05) is 21.7 Å². The Labute approximate surface area is 117 Å². The van der Waals surface area contributed by atoms with Gasteiger partial charge in [0.25, 0.3) is 5.91 Å². The second-order valence-corrected chi connectivity index (χ2v) is 4.97. The van der Waals surface area contributed by atoms with Crippen LogP contribution in [-0.2, 0) is 0 Å². The molecule has 1 amide bonds. The lowest BCUT2D eigenvalue weighted by molar-refractivity contribution is 0.102. The molecule has 0 bridgehead atoms. The normalized spacial score (nSPS) is 10.0. The van der Waals surface area contributed by atoms with Crippen molar-refractivity contribution in [2.24, 2.45) is 0 Å². The first kappa shape index (κ1) is 12.3. The van der Waals surface area contributed by atoms with Crippen LogP contribution in [0.5, 0.6) is 0 Å². The van der Waals surface area contributed by atoms with Crippen LogP contribution in [-0.4, -0.2) is 10.9 Å². The lowest BCUT2D eigenvalue weighted by Gasteiger charge is -2.06. The molecule has 0 aliphatic heterocycles. The third-order valence-corrected chi connectivity index (χ3v) is 3.14. The van der Waals surface area contributed by atoms with E-state index in [9.17, 15) is 4.79 Å². The van der Waals surface area contributed by atoms with Crippen LogP contribution in [0.1, 0.15) is 10.4 Å². The largest absolute Gasteiger partial charge is 0.322 e. The van der Waals surface area contributed by atoms with Crippen LogP contribution in [0.15, 0.2) is 42.7 Å². The van der Waals surface area contributed by atoms with Gasteiger partial charge in [-0.25, -0.2) is 0 Å². The minimum atomic E-state index is -0.237. The smallest absolute Gasteiger partial charge is 0.257 e. The second-order valence-electron chi connectivity index (χ2n) is 3.32. The quantitative estimate of drug-likeness (QED) is 0.834. The van der Waals surface area contributed by atoms with Crippen molar-refractivity contribution in [3.8, 4) is 0 Å². The third kappa shape index (κ3) is 3.17. The predicted molar refractivity (Wildman–Crippen MR) is 76.4 cm³/mol. The van der Waals surface area contributed by atoms with Gasteiger partial charge in [0.1, 0.15) is 0 Å². The first-order valence-corrected chi connectivity index (χ1v) is 6.29. The van der Waals surface area contributed by atoms with Gasteiger partial charge in [-0.1, -0.05) is 11.6 Å². The zero-order valence-electron chi connectivity index (χ0n) is 8.65. The molecule has 0 atom stereocenters. The van der Waals surface area contributed by atoms with Gasteiger partial charge in [-0.15, -0.1) is 0 Å². The highest BCUT2D eigenvalue weighted by Crippen LogP contribution is 2.16. The highest BCUT2D eigenvalue weighted by atomic mass is 127. The Bertz CT molecular complexity index is 542. The first-order valence-electron chi connectivity index (χ1n) is 4.83. The lowest BCUT2D eigenvalue weighted by atomic mass is 10.2. The minimum Gasteiger partial charge on any atom is -0.322 e. The van der Waals surface area contributed by atoms with E-state index in [-0.39, 0.29) is 5.91 Å². The highest BCUT2D eigenvalue weighted by molar-refractivity contribution is 14.1. The molecule has 1 aromatic carbocycles. The van der Waals surface area contributed by atoms with E-state index in [4.69, 9.17) is 11.6 Å². The van der Waals surface area contributed by atoms with Gasteiger partial charge in [-0.05, 0) is 52.9 Å². The van der Waals surface area contributed by atoms with E-state index in [1.165, 1.54) is 12.4 Å². The number of carbonyl (C=O) groups excluding carboxylic acids is 1. The molecular weight excluding hydrogens is 351 g/mol. The summed E-state index contributed by atoms with van der Waals surface area (Å²) in [7, 11) is 0. The molecule has 1 heterocycles.